The van der Waals surface area contributed by atoms with Crippen LogP contribution in [-0.4, -0.2) is 0 Å². The first-order valence-electron chi connectivity index (χ1n) is 13.2. The minimum atomic E-state index is -0.164. The van der Waals surface area contributed by atoms with Crippen LogP contribution in [0.3, 0.4) is 0 Å². The average molecular weight is 489 g/mol. The topological polar surface area (TPSA) is 11.6 Å². The van der Waals surface area contributed by atoms with E-state index in [1.165, 1.54) is 50.5 Å². The Morgan fingerprint density at radius 2 is 0.658 bits per heavy atom. The van der Waals surface area contributed by atoms with Crippen LogP contribution in [0.4, 0.5) is 0 Å². The van der Waals surface area contributed by atoms with Crippen LogP contribution in [-0.2, 0) is 0 Å². The molecule has 0 saturated heterocycles. The second-order valence-corrected chi connectivity index (χ2v) is 10.0. The lowest BCUT2D eigenvalue weighted by atomic mass is 9.77. The summed E-state index contributed by atoms with van der Waals surface area (Å²) in [4.78, 5) is 0. The van der Waals surface area contributed by atoms with Crippen LogP contribution >= 0.6 is 0 Å². The Bertz CT molecular complexity index is 1500. The van der Waals surface area contributed by atoms with Crippen molar-refractivity contribution in [2.24, 2.45) is 0 Å². The van der Waals surface area contributed by atoms with Crippen LogP contribution in [0, 0.1) is 0 Å². The van der Waals surface area contributed by atoms with Gasteiger partial charge in [-0.05, 0) is 53.1 Å². The van der Waals surface area contributed by atoms with E-state index < -0.39 is 0 Å². The SMILES string of the molecule is c1ccc2c(c1)-c1cccc[n+]1C1[n+]3ccccc3-c3ccccc3C2c2ccccc2-c2cccc[n+]21. The summed E-state index contributed by atoms with van der Waals surface area (Å²) in [5.74, 6) is 0.0456. The van der Waals surface area contributed by atoms with E-state index in [0.29, 0.717) is 0 Å². The predicted molar refractivity (Wildman–Crippen MR) is 147 cm³/mol. The van der Waals surface area contributed by atoms with E-state index in [1.54, 1.807) is 0 Å². The molecule has 0 saturated carbocycles. The van der Waals surface area contributed by atoms with Crippen LogP contribution in [0.2, 0.25) is 0 Å². The highest BCUT2D eigenvalue weighted by atomic mass is 15.4. The highest BCUT2D eigenvalue weighted by Crippen LogP contribution is 2.44. The highest BCUT2D eigenvalue weighted by molar-refractivity contribution is 5.74. The van der Waals surface area contributed by atoms with Crippen molar-refractivity contribution in [2.45, 2.75) is 12.2 Å². The Labute approximate surface area is 222 Å². The molecule has 0 atom stereocenters. The molecule has 9 rings (SSSR count). The van der Waals surface area contributed by atoms with Gasteiger partial charge in [0.2, 0.25) is 17.1 Å². The zero-order chi connectivity index (χ0) is 25.1. The molecule has 3 aliphatic heterocycles. The summed E-state index contributed by atoms with van der Waals surface area (Å²) in [5.41, 5.74) is 11.3. The van der Waals surface area contributed by atoms with Crippen molar-refractivity contribution < 1.29 is 13.7 Å². The fraction of sp³-hybridized carbons (Fsp3) is 0.0571. The maximum atomic E-state index is 2.42. The second kappa shape index (κ2) is 8.32. The summed E-state index contributed by atoms with van der Waals surface area (Å²) in [5, 5.41) is 0. The van der Waals surface area contributed by atoms with Gasteiger partial charge in [-0.3, -0.25) is 0 Å². The summed E-state index contributed by atoms with van der Waals surface area (Å²) in [6.07, 6.45) is 6.50. The third-order valence-corrected chi connectivity index (χ3v) is 8.06. The molecule has 0 aliphatic carbocycles. The van der Waals surface area contributed by atoms with E-state index in [0.717, 1.165) is 0 Å². The number of hydrogen-bond acceptors (Lipinski definition) is 0. The molecule has 0 radical (unpaired) electrons. The maximum absolute atomic E-state index is 2.42. The molecule has 3 heteroatoms. The summed E-state index contributed by atoms with van der Waals surface area (Å²) >= 11 is 0. The monoisotopic (exact) mass is 488 g/mol. The van der Waals surface area contributed by atoms with Crippen LogP contribution in [0.1, 0.15) is 28.9 Å². The minimum absolute atomic E-state index is 0.0456. The van der Waals surface area contributed by atoms with Gasteiger partial charge in [-0.1, -0.05) is 68.3 Å². The fourth-order valence-corrected chi connectivity index (χ4v) is 6.51. The van der Waals surface area contributed by atoms with Crippen molar-refractivity contribution in [2.75, 3.05) is 0 Å². The van der Waals surface area contributed by atoms with E-state index in [4.69, 9.17) is 0 Å². The Morgan fingerprint density at radius 1 is 0.342 bits per heavy atom. The van der Waals surface area contributed by atoms with Gasteiger partial charge in [0.05, 0.1) is 16.7 Å². The van der Waals surface area contributed by atoms with E-state index in [9.17, 15) is 0 Å². The van der Waals surface area contributed by atoms with E-state index in [-0.39, 0.29) is 12.2 Å². The molecule has 6 aromatic rings. The lowest BCUT2D eigenvalue weighted by molar-refractivity contribution is -1.11. The Balaban J connectivity index is 1.68. The van der Waals surface area contributed by atoms with Crippen molar-refractivity contribution >= 4 is 0 Å². The van der Waals surface area contributed by atoms with Crippen LogP contribution in [0.25, 0.3) is 33.8 Å². The molecule has 0 fully saturated rings. The quantitative estimate of drug-likeness (QED) is 0.235. The molecule has 178 valence electrons. The molecule has 0 unspecified atom stereocenters. The maximum Gasteiger partial charge on any atom is 0.553 e. The molecule has 3 nitrogen and oxygen atoms in total. The third-order valence-electron chi connectivity index (χ3n) is 8.06. The number of pyridine rings is 3. The van der Waals surface area contributed by atoms with Crippen molar-refractivity contribution in [3.05, 3.63) is 163 Å². The largest absolute Gasteiger partial charge is 0.553 e. The summed E-state index contributed by atoms with van der Waals surface area (Å²) in [6, 6.07) is 46.5. The fourth-order valence-electron chi connectivity index (χ4n) is 6.51. The van der Waals surface area contributed by atoms with Gasteiger partial charge in [-0.2, -0.15) is 0 Å². The first-order valence-corrected chi connectivity index (χ1v) is 13.2. The molecule has 38 heavy (non-hydrogen) atoms. The van der Waals surface area contributed by atoms with Crippen LogP contribution in [0.5, 0.6) is 0 Å². The van der Waals surface area contributed by atoms with Gasteiger partial charge in [0, 0.05) is 42.3 Å². The van der Waals surface area contributed by atoms with Crippen molar-refractivity contribution in [1.29, 1.82) is 0 Å². The standard InChI is InChI=1S/C35H26N3/c1-4-16-28-25(13-1)31-19-7-10-22-36(31)35-37-23-11-8-20-32(37)26-14-2-5-17-29(26)34(28)30-18-6-3-15-27(30)33-21-9-12-24-38(33)35/h1-24,34-35H/q+3. The van der Waals surface area contributed by atoms with Gasteiger partial charge in [0.25, 0.3) is 0 Å². The van der Waals surface area contributed by atoms with E-state index in [2.05, 4.69) is 160 Å². The smallest absolute Gasteiger partial charge is 0.0745 e. The van der Waals surface area contributed by atoms with Crippen molar-refractivity contribution in [3.63, 3.8) is 0 Å². The predicted octanol–water partition coefficient (Wildman–Crippen LogP) is 5.91. The zero-order valence-corrected chi connectivity index (χ0v) is 20.9. The van der Waals surface area contributed by atoms with Crippen LogP contribution < -0.4 is 13.7 Å². The number of benzene rings is 3. The lowest BCUT2D eigenvalue weighted by Crippen LogP contribution is -2.72. The van der Waals surface area contributed by atoms with Crippen molar-refractivity contribution in [1.82, 2.24) is 0 Å². The Kier molecular flexibility index (Phi) is 4.65. The normalized spacial score (nSPS) is 16.4. The van der Waals surface area contributed by atoms with Gasteiger partial charge in [-0.25, -0.2) is 0 Å². The Morgan fingerprint density at radius 3 is 1.03 bits per heavy atom. The second-order valence-electron chi connectivity index (χ2n) is 10.0. The van der Waals surface area contributed by atoms with Crippen LogP contribution in [0.15, 0.2) is 146 Å². The average Bonchev–Trinajstić information content (AvgIpc) is 2.99. The molecule has 3 aliphatic rings. The molecule has 3 aromatic heterocycles. The summed E-state index contributed by atoms with van der Waals surface area (Å²) in [7, 11) is 0. The van der Waals surface area contributed by atoms with E-state index >= 15 is 0 Å². The van der Waals surface area contributed by atoms with Gasteiger partial charge in [0.1, 0.15) is 0 Å². The number of rotatable bonds is 0. The summed E-state index contributed by atoms with van der Waals surface area (Å²) < 4.78 is 7.26. The van der Waals surface area contributed by atoms with Crippen molar-refractivity contribution in [3.8, 4) is 33.8 Å². The molecule has 0 amide bonds. The zero-order valence-electron chi connectivity index (χ0n) is 20.9. The molecule has 2 bridgehead atoms. The first kappa shape index (κ1) is 21.2. The molecular weight excluding hydrogens is 462 g/mol. The molecule has 0 spiro atoms. The summed E-state index contributed by atoms with van der Waals surface area (Å²) in [6.45, 7) is 0. The minimum Gasteiger partial charge on any atom is -0.0745 e. The van der Waals surface area contributed by atoms with Gasteiger partial charge >= 0.3 is 6.29 Å². The first-order chi connectivity index (χ1) is 18.9. The van der Waals surface area contributed by atoms with Gasteiger partial charge in [-0.15, -0.1) is 0 Å². The van der Waals surface area contributed by atoms with Gasteiger partial charge < -0.3 is 0 Å². The number of hydrogen-bond donors (Lipinski definition) is 0. The van der Waals surface area contributed by atoms with Gasteiger partial charge in [0.15, 0.2) is 18.6 Å². The number of nitrogens with zero attached hydrogens (tertiary/aromatic N) is 3. The third kappa shape index (κ3) is 2.99. The molecular formula is C35H26N3+3. The number of aromatic nitrogens is 3. The Hall–Kier alpha value is -4.89. The molecule has 0 N–H and O–H groups in total. The molecule has 6 heterocycles. The van der Waals surface area contributed by atoms with E-state index in [1.807, 2.05) is 0 Å². The lowest BCUT2D eigenvalue weighted by Gasteiger charge is -2.27. The molecule has 3 aromatic carbocycles. The highest BCUT2D eigenvalue weighted by Gasteiger charge is 2.47.